The van der Waals surface area contributed by atoms with Gasteiger partial charge in [0.05, 0.1) is 18.0 Å². The Morgan fingerprint density at radius 2 is 1.69 bits per heavy atom. The zero-order valence-electron chi connectivity index (χ0n) is 21.4. The van der Waals surface area contributed by atoms with Crippen LogP contribution in [-0.4, -0.2) is 33.7 Å². The van der Waals surface area contributed by atoms with Gasteiger partial charge in [0, 0.05) is 47.7 Å². The van der Waals surface area contributed by atoms with Gasteiger partial charge in [-0.05, 0) is 60.5 Å². The van der Waals surface area contributed by atoms with Crippen molar-refractivity contribution in [2.45, 2.75) is 25.5 Å². The molecule has 5 aromatic rings. The molecule has 0 aliphatic rings. The van der Waals surface area contributed by atoms with Gasteiger partial charge in [0.15, 0.2) is 0 Å². The number of amides is 1. The molecule has 39 heavy (non-hydrogen) atoms. The van der Waals surface area contributed by atoms with Crippen LogP contribution < -0.4 is 5.32 Å². The quantitative estimate of drug-likeness (QED) is 0.203. The number of nitrogens with one attached hydrogen (secondary N) is 2. The lowest BCUT2D eigenvalue weighted by Gasteiger charge is -2.19. The van der Waals surface area contributed by atoms with Crippen molar-refractivity contribution in [1.82, 2.24) is 20.5 Å². The predicted octanol–water partition coefficient (Wildman–Crippen LogP) is 6.23. The van der Waals surface area contributed by atoms with Gasteiger partial charge in [-0.15, -0.1) is 0 Å². The van der Waals surface area contributed by atoms with E-state index in [0.717, 1.165) is 22.4 Å². The van der Waals surface area contributed by atoms with Gasteiger partial charge in [-0.25, -0.2) is 4.39 Å². The van der Waals surface area contributed by atoms with Gasteiger partial charge in [-0.2, -0.15) is 5.10 Å². The number of hydrogen-bond donors (Lipinski definition) is 2. The molecule has 196 valence electrons. The number of halogens is 1. The zero-order chi connectivity index (χ0) is 26.9. The zero-order valence-corrected chi connectivity index (χ0v) is 21.4. The lowest BCUT2D eigenvalue weighted by Crippen LogP contribution is -2.37. The van der Waals surface area contributed by atoms with Crippen molar-refractivity contribution in [3.05, 3.63) is 132 Å². The first-order valence-corrected chi connectivity index (χ1v) is 12.9. The normalized spacial score (nSPS) is 11.7. The van der Waals surface area contributed by atoms with Crippen molar-refractivity contribution >= 4 is 5.91 Å². The van der Waals surface area contributed by atoms with Gasteiger partial charge in [0.2, 0.25) is 0 Å². The number of nitrogens with zero attached hydrogens (tertiary/aromatic N) is 2. The highest BCUT2D eigenvalue weighted by molar-refractivity contribution is 6.00. The highest BCUT2D eigenvalue weighted by Crippen LogP contribution is 2.27. The molecule has 6 nitrogen and oxygen atoms in total. The average molecular weight is 521 g/mol. The summed E-state index contributed by atoms with van der Waals surface area (Å²) < 4.78 is 19.3. The molecule has 0 aliphatic carbocycles. The fourth-order valence-corrected chi connectivity index (χ4v) is 4.39. The first-order valence-electron chi connectivity index (χ1n) is 12.9. The highest BCUT2D eigenvalue weighted by atomic mass is 19.1. The number of aromatic nitrogens is 3. The van der Waals surface area contributed by atoms with Gasteiger partial charge in [-0.1, -0.05) is 54.6 Å². The van der Waals surface area contributed by atoms with Crippen molar-refractivity contribution < 1.29 is 13.9 Å². The van der Waals surface area contributed by atoms with Crippen molar-refractivity contribution in [2.24, 2.45) is 0 Å². The number of benzene rings is 3. The Morgan fingerprint density at radius 3 is 2.49 bits per heavy atom. The third kappa shape index (κ3) is 7.03. The van der Waals surface area contributed by atoms with Crippen LogP contribution in [0.4, 0.5) is 4.39 Å². The molecule has 0 saturated heterocycles. The van der Waals surface area contributed by atoms with Crippen LogP contribution in [0.1, 0.15) is 28.0 Å². The Bertz CT molecular complexity index is 1490. The molecule has 0 radical (unpaired) electrons. The minimum atomic E-state index is -0.303. The number of carbonyl (C=O) groups is 1. The number of rotatable bonds is 11. The average Bonchev–Trinajstić information content (AvgIpc) is 3.47. The van der Waals surface area contributed by atoms with E-state index in [1.165, 1.54) is 12.1 Å². The van der Waals surface area contributed by atoms with Crippen molar-refractivity contribution in [3.63, 3.8) is 0 Å². The second-order valence-corrected chi connectivity index (χ2v) is 9.24. The Balaban J connectivity index is 1.30. The maximum absolute atomic E-state index is 13.6. The fraction of sp³-hybridized carbons (Fsp3) is 0.156. The number of H-pyrrole nitrogens is 1. The van der Waals surface area contributed by atoms with Crippen LogP contribution in [-0.2, 0) is 17.8 Å². The lowest BCUT2D eigenvalue weighted by atomic mass is 10.0. The molecular formula is C32H29FN4O2. The van der Waals surface area contributed by atoms with E-state index >= 15 is 0 Å². The predicted molar refractivity (Wildman–Crippen MR) is 149 cm³/mol. The summed E-state index contributed by atoms with van der Waals surface area (Å²) in [4.78, 5) is 18.0. The van der Waals surface area contributed by atoms with Crippen molar-refractivity contribution in [2.75, 3.05) is 6.61 Å². The molecule has 2 heterocycles. The van der Waals surface area contributed by atoms with E-state index in [1.54, 1.807) is 24.4 Å². The molecule has 3 aromatic carbocycles. The molecule has 5 rings (SSSR count). The number of aromatic amines is 1. The van der Waals surface area contributed by atoms with E-state index in [0.29, 0.717) is 43.0 Å². The largest absolute Gasteiger partial charge is 0.377 e. The van der Waals surface area contributed by atoms with E-state index in [2.05, 4.69) is 20.5 Å². The molecular weight excluding hydrogens is 491 g/mol. The third-order valence-corrected chi connectivity index (χ3v) is 6.42. The first kappa shape index (κ1) is 26.0. The molecule has 0 aliphatic heterocycles. The SMILES string of the molecule is O=C(NC(CCOCc1ccccc1)Cc1ccccn1)c1ccccc1-c1cc(-c2ccc(F)cc2)n[nH]1. The lowest BCUT2D eigenvalue weighted by molar-refractivity contribution is 0.0893. The first-order chi connectivity index (χ1) is 19.2. The molecule has 0 bridgehead atoms. The summed E-state index contributed by atoms with van der Waals surface area (Å²) in [6.45, 7) is 1.01. The molecule has 1 unspecified atom stereocenters. The van der Waals surface area contributed by atoms with Gasteiger partial charge < -0.3 is 10.1 Å². The number of pyridine rings is 1. The fourth-order valence-electron chi connectivity index (χ4n) is 4.39. The van der Waals surface area contributed by atoms with E-state index in [-0.39, 0.29) is 17.8 Å². The Labute approximate surface area is 226 Å². The summed E-state index contributed by atoms with van der Waals surface area (Å²) in [5.41, 5.74) is 5.42. The van der Waals surface area contributed by atoms with Gasteiger partial charge in [0.25, 0.3) is 5.91 Å². The third-order valence-electron chi connectivity index (χ3n) is 6.42. The van der Waals surface area contributed by atoms with Crippen molar-refractivity contribution in [1.29, 1.82) is 0 Å². The monoisotopic (exact) mass is 520 g/mol. The Hall–Kier alpha value is -4.62. The summed E-state index contributed by atoms with van der Waals surface area (Å²) in [5, 5.41) is 10.6. The highest BCUT2D eigenvalue weighted by Gasteiger charge is 2.19. The summed E-state index contributed by atoms with van der Waals surface area (Å²) in [6.07, 6.45) is 2.98. The Morgan fingerprint density at radius 1 is 0.923 bits per heavy atom. The van der Waals surface area contributed by atoms with Crippen molar-refractivity contribution in [3.8, 4) is 22.5 Å². The second-order valence-electron chi connectivity index (χ2n) is 9.24. The Kier molecular flexibility index (Phi) is 8.51. The summed E-state index contributed by atoms with van der Waals surface area (Å²) in [7, 11) is 0. The maximum atomic E-state index is 13.6. The van der Waals surface area contributed by atoms with Crippen LogP contribution >= 0.6 is 0 Å². The smallest absolute Gasteiger partial charge is 0.252 e. The minimum absolute atomic E-state index is 0.173. The minimum Gasteiger partial charge on any atom is -0.377 e. The van der Waals surface area contributed by atoms with E-state index in [4.69, 9.17) is 4.74 Å². The molecule has 2 N–H and O–H groups in total. The van der Waals surface area contributed by atoms with E-state index < -0.39 is 0 Å². The summed E-state index contributed by atoms with van der Waals surface area (Å²) in [5.74, 6) is -0.491. The van der Waals surface area contributed by atoms with Gasteiger partial charge >= 0.3 is 0 Å². The number of ether oxygens (including phenoxy) is 1. The van der Waals surface area contributed by atoms with Crippen LogP contribution in [0.3, 0.4) is 0 Å². The van der Waals surface area contributed by atoms with Gasteiger partial charge in [0.1, 0.15) is 5.82 Å². The van der Waals surface area contributed by atoms with Gasteiger partial charge in [-0.3, -0.25) is 14.9 Å². The van der Waals surface area contributed by atoms with Crippen LogP contribution in [0.25, 0.3) is 22.5 Å². The summed E-state index contributed by atoms with van der Waals surface area (Å²) >= 11 is 0. The molecule has 1 atom stereocenters. The summed E-state index contributed by atoms with van der Waals surface area (Å²) in [6, 6.07) is 31.0. The molecule has 2 aromatic heterocycles. The van der Waals surface area contributed by atoms with Crippen LogP contribution in [0.15, 0.2) is 109 Å². The van der Waals surface area contributed by atoms with Crippen LogP contribution in [0.5, 0.6) is 0 Å². The molecule has 0 saturated carbocycles. The standard InChI is InChI=1S/C32H29FN4O2/c33-25-15-13-24(14-16-25)30-21-31(37-36-30)28-11-4-5-12-29(28)32(38)35-27(20-26-10-6-7-18-34-26)17-19-39-22-23-8-2-1-3-9-23/h1-16,18,21,27H,17,19-20,22H2,(H,35,38)(H,36,37). The second kappa shape index (κ2) is 12.8. The topological polar surface area (TPSA) is 79.9 Å². The maximum Gasteiger partial charge on any atom is 0.252 e. The molecule has 7 heteroatoms. The van der Waals surface area contributed by atoms with E-state index in [1.807, 2.05) is 72.8 Å². The number of hydrogen-bond acceptors (Lipinski definition) is 4. The number of carbonyl (C=O) groups excluding carboxylic acids is 1. The van der Waals surface area contributed by atoms with E-state index in [9.17, 15) is 9.18 Å². The van der Waals surface area contributed by atoms with Crippen LogP contribution in [0, 0.1) is 5.82 Å². The molecule has 0 fully saturated rings. The van der Waals surface area contributed by atoms with Crippen LogP contribution in [0.2, 0.25) is 0 Å². The molecule has 1 amide bonds. The molecule has 0 spiro atoms.